The average molecular weight is 125 g/mol. The summed E-state index contributed by atoms with van der Waals surface area (Å²) in [4.78, 5) is 3.97. The van der Waals surface area contributed by atoms with Crippen LogP contribution in [0.2, 0.25) is 0 Å². The summed E-state index contributed by atoms with van der Waals surface area (Å²) in [7, 11) is 0. The molecule has 0 N–H and O–H groups in total. The van der Waals surface area contributed by atoms with Crippen LogP contribution in [-0.4, -0.2) is 4.98 Å². The number of aryl methyl sites for hydroxylation is 1. The van der Waals surface area contributed by atoms with Crippen molar-refractivity contribution in [2.45, 2.75) is 26.7 Å². The highest BCUT2D eigenvalue weighted by atomic mass is 16.4. The highest BCUT2D eigenvalue weighted by Crippen LogP contribution is 2.13. The van der Waals surface area contributed by atoms with Gasteiger partial charge in [0.1, 0.15) is 5.76 Å². The Morgan fingerprint density at radius 1 is 1.56 bits per heavy atom. The van der Waals surface area contributed by atoms with Gasteiger partial charge in [-0.05, 0) is 0 Å². The summed E-state index contributed by atoms with van der Waals surface area (Å²) in [6.45, 7) is 6.02. The fraction of sp³-hybridized carbons (Fsp3) is 0.571. The van der Waals surface area contributed by atoms with E-state index in [1.807, 2.05) is 6.92 Å². The summed E-state index contributed by atoms with van der Waals surface area (Å²) in [6, 6.07) is 0. The fourth-order valence-electron chi connectivity index (χ4n) is 0.645. The van der Waals surface area contributed by atoms with Gasteiger partial charge in [0.25, 0.3) is 0 Å². The van der Waals surface area contributed by atoms with Crippen LogP contribution in [0.15, 0.2) is 10.6 Å². The molecular formula is C7H11NO. The lowest BCUT2D eigenvalue weighted by Gasteiger charge is -1.94. The van der Waals surface area contributed by atoms with Crippen molar-refractivity contribution in [3.8, 4) is 0 Å². The van der Waals surface area contributed by atoms with Crippen molar-refractivity contribution in [3.05, 3.63) is 17.8 Å². The third-order valence-electron chi connectivity index (χ3n) is 1.21. The maximum atomic E-state index is 5.23. The quantitative estimate of drug-likeness (QED) is 0.574. The van der Waals surface area contributed by atoms with E-state index in [1.165, 1.54) is 0 Å². The molecule has 0 spiro atoms. The Morgan fingerprint density at radius 3 is 2.44 bits per heavy atom. The normalized spacial score (nSPS) is 10.7. The number of nitrogens with zero attached hydrogens (tertiary/aromatic N) is 1. The zero-order chi connectivity index (χ0) is 6.85. The van der Waals surface area contributed by atoms with Gasteiger partial charge in [0.15, 0.2) is 5.89 Å². The van der Waals surface area contributed by atoms with E-state index in [1.54, 1.807) is 6.20 Å². The van der Waals surface area contributed by atoms with Crippen molar-refractivity contribution in [1.82, 2.24) is 4.98 Å². The topological polar surface area (TPSA) is 26.0 Å². The first-order valence-electron chi connectivity index (χ1n) is 3.12. The first-order valence-corrected chi connectivity index (χ1v) is 3.12. The summed E-state index contributed by atoms with van der Waals surface area (Å²) >= 11 is 0. The van der Waals surface area contributed by atoms with Gasteiger partial charge in [-0.25, -0.2) is 4.98 Å². The first kappa shape index (κ1) is 6.33. The second-order valence-corrected chi connectivity index (χ2v) is 2.44. The van der Waals surface area contributed by atoms with E-state index in [2.05, 4.69) is 18.8 Å². The van der Waals surface area contributed by atoms with Crippen molar-refractivity contribution < 1.29 is 4.42 Å². The van der Waals surface area contributed by atoms with Crippen LogP contribution in [0.1, 0.15) is 31.4 Å². The Labute approximate surface area is 54.9 Å². The van der Waals surface area contributed by atoms with Gasteiger partial charge in [-0.3, -0.25) is 0 Å². The number of hydrogen-bond donors (Lipinski definition) is 0. The molecule has 1 heterocycles. The van der Waals surface area contributed by atoms with E-state index in [-0.39, 0.29) is 0 Å². The van der Waals surface area contributed by atoms with Crippen molar-refractivity contribution in [3.63, 3.8) is 0 Å². The van der Waals surface area contributed by atoms with E-state index >= 15 is 0 Å². The maximum Gasteiger partial charge on any atom is 0.191 e. The van der Waals surface area contributed by atoms with Crippen LogP contribution in [0.5, 0.6) is 0 Å². The third kappa shape index (κ3) is 1.31. The lowest BCUT2D eigenvalue weighted by molar-refractivity contribution is 0.456. The fourth-order valence-corrected chi connectivity index (χ4v) is 0.645. The Bertz CT molecular complexity index is 191. The van der Waals surface area contributed by atoms with Crippen LogP contribution in [0.25, 0.3) is 0 Å². The van der Waals surface area contributed by atoms with Gasteiger partial charge in [-0.1, -0.05) is 13.8 Å². The zero-order valence-corrected chi connectivity index (χ0v) is 6.01. The van der Waals surface area contributed by atoms with Crippen LogP contribution >= 0.6 is 0 Å². The van der Waals surface area contributed by atoms with Crippen molar-refractivity contribution >= 4 is 0 Å². The smallest absolute Gasteiger partial charge is 0.191 e. The zero-order valence-electron chi connectivity index (χ0n) is 6.01. The highest BCUT2D eigenvalue weighted by molar-refractivity contribution is 4.97. The SMILES string of the molecule is Cc1ncc(C(C)C)o1. The van der Waals surface area contributed by atoms with Crippen LogP contribution in [0.3, 0.4) is 0 Å². The Hall–Kier alpha value is -0.790. The van der Waals surface area contributed by atoms with Crippen molar-refractivity contribution in [2.24, 2.45) is 0 Å². The van der Waals surface area contributed by atoms with Gasteiger partial charge in [-0.15, -0.1) is 0 Å². The summed E-state index contributed by atoms with van der Waals surface area (Å²) < 4.78 is 5.23. The maximum absolute atomic E-state index is 5.23. The van der Waals surface area contributed by atoms with Crippen molar-refractivity contribution in [2.75, 3.05) is 0 Å². The first-order chi connectivity index (χ1) is 4.20. The standard InChI is InChI=1S/C7H11NO/c1-5(2)7-4-8-6(3)9-7/h4-5H,1-3H3. The average Bonchev–Trinajstić information content (AvgIpc) is 2.14. The molecule has 0 atom stereocenters. The van der Waals surface area contributed by atoms with Crippen LogP contribution in [0.4, 0.5) is 0 Å². The molecule has 0 aliphatic rings. The largest absolute Gasteiger partial charge is 0.446 e. The molecule has 0 radical (unpaired) electrons. The lowest BCUT2D eigenvalue weighted by Crippen LogP contribution is -1.80. The van der Waals surface area contributed by atoms with E-state index < -0.39 is 0 Å². The van der Waals surface area contributed by atoms with Crippen molar-refractivity contribution in [1.29, 1.82) is 0 Å². The van der Waals surface area contributed by atoms with Gasteiger partial charge < -0.3 is 4.42 Å². The summed E-state index contributed by atoms with van der Waals surface area (Å²) in [5, 5.41) is 0. The second kappa shape index (κ2) is 2.21. The van der Waals surface area contributed by atoms with Crippen LogP contribution in [-0.2, 0) is 0 Å². The van der Waals surface area contributed by atoms with Gasteiger partial charge in [0.2, 0.25) is 0 Å². The molecular weight excluding hydrogens is 114 g/mol. The minimum Gasteiger partial charge on any atom is -0.446 e. The highest BCUT2D eigenvalue weighted by Gasteiger charge is 2.02. The summed E-state index contributed by atoms with van der Waals surface area (Å²) in [5.74, 6) is 2.16. The van der Waals surface area contributed by atoms with E-state index in [0.29, 0.717) is 5.92 Å². The third-order valence-corrected chi connectivity index (χ3v) is 1.21. The van der Waals surface area contributed by atoms with Gasteiger partial charge >= 0.3 is 0 Å². The minimum absolute atomic E-state index is 0.450. The Balaban J connectivity index is 2.85. The molecule has 0 amide bonds. The van der Waals surface area contributed by atoms with Crippen LogP contribution < -0.4 is 0 Å². The molecule has 50 valence electrons. The molecule has 0 aromatic carbocycles. The summed E-state index contributed by atoms with van der Waals surface area (Å²) in [6.07, 6.45) is 1.78. The molecule has 1 aromatic heterocycles. The minimum atomic E-state index is 0.450. The van der Waals surface area contributed by atoms with Gasteiger partial charge in [0, 0.05) is 12.8 Å². The molecule has 0 saturated carbocycles. The Kier molecular flexibility index (Phi) is 1.56. The number of rotatable bonds is 1. The predicted molar refractivity (Wildman–Crippen MR) is 35.3 cm³/mol. The monoisotopic (exact) mass is 125 g/mol. The van der Waals surface area contributed by atoms with E-state index in [4.69, 9.17) is 4.42 Å². The van der Waals surface area contributed by atoms with E-state index in [9.17, 15) is 0 Å². The Morgan fingerprint density at radius 2 is 2.22 bits per heavy atom. The van der Waals surface area contributed by atoms with Crippen LogP contribution in [0, 0.1) is 6.92 Å². The molecule has 0 saturated heterocycles. The number of hydrogen-bond acceptors (Lipinski definition) is 2. The number of aromatic nitrogens is 1. The predicted octanol–water partition coefficient (Wildman–Crippen LogP) is 2.11. The molecule has 1 rings (SSSR count). The molecule has 0 aliphatic heterocycles. The molecule has 9 heavy (non-hydrogen) atoms. The van der Waals surface area contributed by atoms with Gasteiger partial charge in [0.05, 0.1) is 6.20 Å². The van der Waals surface area contributed by atoms with E-state index in [0.717, 1.165) is 11.7 Å². The molecule has 2 nitrogen and oxygen atoms in total. The molecule has 0 unspecified atom stereocenters. The molecule has 0 bridgehead atoms. The second-order valence-electron chi connectivity index (χ2n) is 2.44. The molecule has 2 heteroatoms. The summed E-state index contributed by atoms with van der Waals surface area (Å²) in [5.41, 5.74) is 0. The van der Waals surface area contributed by atoms with Gasteiger partial charge in [-0.2, -0.15) is 0 Å². The molecule has 0 aliphatic carbocycles. The molecule has 0 fully saturated rings. The molecule has 1 aromatic rings. The lowest BCUT2D eigenvalue weighted by atomic mass is 10.2. The number of oxazole rings is 1.